The molecule has 0 unspecified atom stereocenters. The topological polar surface area (TPSA) is 0 Å². The molecule has 0 aromatic rings. The van der Waals surface area contributed by atoms with Crippen molar-refractivity contribution in [3.8, 4) is 0 Å². The van der Waals surface area contributed by atoms with Crippen molar-refractivity contribution in [1.29, 1.82) is 0 Å². The Morgan fingerprint density at radius 2 is 0.400 bits per heavy atom. The van der Waals surface area contributed by atoms with E-state index in [0.717, 1.165) is 0 Å². The Morgan fingerprint density at radius 1 is 0.250 bits per heavy atom. The summed E-state index contributed by atoms with van der Waals surface area (Å²) in [7, 11) is -0.520. The van der Waals surface area contributed by atoms with Gasteiger partial charge in [0.05, 0.1) is 6.16 Å². The lowest BCUT2D eigenvalue weighted by Gasteiger charge is -2.10. The Hall–Kier alpha value is 0.720. The summed E-state index contributed by atoms with van der Waals surface area (Å²) in [6.45, 7) is 9.76. The molecule has 0 aromatic carbocycles. The van der Waals surface area contributed by atoms with E-state index in [1.807, 2.05) is 0 Å². The second-order valence-corrected chi connectivity index (χ2v) is 19.4. The predicted molar refractivity (Wildman–Crippen MR) is 188 cm³/mol. The Labute approximate surface area is 263 Å². The van der Waals surface area contributed by atoms with Gasteiger partial charge in [0.15, 0.2) is 0 Å². The normalized spacial score (nSPS) is 11.7. The van der Waals surface area contributed by atoms with Crippen LogP contribution in [0.15, 0.2) is 0 Å². The first-order valence-corrected chi connectivity index (χ1v) is 22.2. The summed E-state index contributed by atoms with van der Waals surface area (Å²) in [5.74, 6) is 0. The average Bonchev–Trinajstić information content (AvgIpc) is 2.90. The molecule has 0 aliphatic rings. The fourth-order valence-corrected chi connectivity index (χ4v) is 7.31. The predicted octanol–water partition coefficient (Wildman–Crippen LogP) is 11.8. The third kappa shape index (κ3) is 40.9. The lowest BCUT2D eigenvalue weighted by molar-refractivity contribution is -0.00000894. The molecule has 0 bridgehead atoms. The first-order valence-electron chi connectivity index (χ1n) is 18.9. The molecule has 0 rings (SSSR count). The van der Waals surface area contributed by atoms with Gasteiger partial charge in [0.1, 0.15) is 0 Å². The summed E-state index contributed by atoms with van der Waals surface area (Å²) in [5, 5.41) is 0. The zero-order valence-corrected chi connectivity index (χ0v) is 30.5. The Bertz CT molecular complexity index is 430. The molecule has 40 heavy (non-hydrogen) atoms. The summed E-state index contributed by atoms with van der Waals surface area (Å²) in [6, 6.07) is 0. The largest absolute Gasteiger partial charge is 1.00 e. The van der Waals surface area contributed by atoms with Crippen LogP contribution in [-0.2, 0) is 0 Å². The molecular formula is C38H80ClP. The van der Waals surface area contributed by atoms with Gasteiger partial charge in [-0.25, -0.2) is 0 Å². The maximum absolute atomic E-state index is 2.48. The van der Waals surface area contributed by atoms with Crippen LogP contribution in [0.3, 0.4) is 0 Å². The quantitative estimate of drug-likeness (QED) is 0.0507. The minimum absolute atomic E-state index is 0. The van der Waals surface area contributed by atoms with Crippen LogP contribution in [0.5, 0.6) is 0 Å². The lowest BCUT2D eigenvalue weighted by atomic mass is 10.0. The molecule has 0 amide bonds. The maximum atomic E-state index is 2.48. The first kappa shape index (κ1) is 42.9. The van der Waals surface area contributed by atoms with Crippen LogP contribution in [0.25, 0.3) is 0 Å². The van der Waals surface area contributed by atoms with E-state index in [1.54, 1.807) is 0 Å². The van der Waals surface area contributed by atoms with Crippen molar-refractivity contribution in [2.45, 2.75) is 219 Å². The molecule has 244 valence electrons. The van der Waals surface area contributed by atoms with Crippen LogP contribution in [-0.4, -0.2) is 26.2 Å². The smallest absolute Gasteiger partial charge is 0.0586 e. The van der Waals surface area contributed by atoms with Gasteiger partial charge in [-0.1, -0.05) is 206 Å². The molecule has 0 spiro atoms. The van der Waals surface area contributed by atoms with Gasteiger partial charge in [-0.2, -0.15) is 0 Å². The summed E-state index contributed by atoms with van der Waals surface area (Å²) >= 11 is 0. The molecule has 0 atom stereocenters. The lowest BCUT2D eigenvalue weighted by Crippen LogP contribution is -3.00. The molecule has 0 fully saturated rings. The monoisotopic (exact) mass is 603 g/mol. The van der Waals surface area contributed by atoms with Crippen molar-refractivity contribution in [2.24, 2.45) is 0 Å². The van der Waals surface area contributed by atoms with Crippen molar-refractivity contribution >= 4 is 7.26 Å². The van der Waals surface area contributed by atoms with E-state index in [0.29, 0.717) is 0 Å². The summed E-state index contributed by atoms with van der Waals surface area (Å²) in [4.78, 5) is 0. The molecule has 0 aromatic heterocycles. The Balaban J connectivity index is 0. The summed E-state index contributed by atoms with van der Waals surface area (Å²) in [6.07, 6.45) is 50.6. The number of hydrogen-bond acceptors (Lipinski definition) is 0. The van der Waals surface area contributed by atoms with E-state index < -0.39 is 7.26 Å². The van der Waals surface area contributed by atoms with Crippen molar-refractivity contribution in [3.05, 3.63) is 0 Å². The summed E-state index contributed by atoms with van der Waals surface area (Å²) < 4.78 is 0. The van der Waals surface area contributed by atoms with Crippen LogP contribution in [0.1, 0.15) is 219 Å². The molecular weight excluding hydrogens is 523 g/mol. The van der Waals surface area contributed by atoms with Crippen LogP contribution in [0.4, 0.5) is 0 Å². The SMILES string of the molecule is CCCCCCCCCCCCCCCCCCCCCCCCCCCCCCCCCCC[P+](C)(C)C.[Cl-]. The van der Waals surface area contributed by atoms with Gasteiger partial charge in [-0.3, -0.25) is 0 Å². The van der Waals surface area contributed by atoms with Crippen molar-refractivity contribution in [3.63, 3.8) is 0 Å². The van der Waals surface area contributed by atoms with Gasteiger partial charge < -0.3 is 12.4 Å². The standard InChI is InChI=1S/C38H80P.ClH/c1-5-6-7-8-9-10-11-12-13-14-15-16-17-18-19-20-21-22-23-24-25-26-27-28-29-30-31-32-33-34-35-36-37-38-39(2,3)4;/h5-38H2,1-4H3;1H/q+1;/p-1. The minimum atomic E-state index is -0.520. The van der Waals surface area contributed by atoms with Gasteiger partial charge in [0, 0.05) is 27.3 Å². The van der Waals surface area contributed by atoms with Gasteiger partial charge in [0.2, 0.25) is 0 Å². The van der Waals surface area contributed by atoms with Gasteiger partial charge in [-0.15, -0.1) is 0 Å². The van der Waals surface area contributed by atoms with E-state index in [1.165, 1.54) is 218 Å². The Morgan fingerprint density at radius 3 is 0.550 bits per heavy atom. The van der Waals surface area contributed by atoms with Crippen LogP contribution in [0.2, 0.25) is 0 Å². The van der Waals surface area contributed by atoms with Crippen LogP contribution < -0.4 is 12.4 Å². The minimum Gasteiger partial charge on any atom is -1.00 e. The van der Waals surface area contributed by atoms with E-state index in [-0.39, 0.29) is 12.4 Å². The van der Waals surface area contributed by atoms with Crippen molar-refractivity contribution in [1.82, 2.24) is 0 Å². The molecule has 0 aliphatic heterocycles. The molecule has 0 saturated heterocycles. The first-order chi connectivity index (χ1) is 19.1. The Kier molecular flexibility index (Phi) is 38.5. The van der Waals surface area contributed by atoms with Gasteiger partial charge in [-0.05, 0) is 12.8 Å². The van der Waals surface area contributed by atoms with Crippen molar-refractivity contribution in [2.75, 3.05) is 26.2 Å². The number of hydrogen-bond donors (Lipinski definition) is 0. The number of rotatable bonds is 34. The third-order valence-electron chi connectivity index (χ3n) is 8.93. The van der Waals surface area contributed by atoms with Crippen LogP contribution in [0, 0.1) is 0 Å². The van der Waals surface area contributed by atoms with Crippen molar-refractivity contribution < 1.29 is 12.4 Å². The number of halogens is 1. The average molecular weight is 603 g/mol. The fraction of sp³-hybridized carbons (Fsp3) is 1.00. The molecule has 0 N–H and O–H groups in total. The van der Waals surface area contributed by atoms with Gasteiger partial charge in [0.25, 0.3) is 0 Å². The van der Waals surface area contributed by atoms with Gasteiger partial charge >= 0.3 is 0 Å². The molecule has 0 heterocycles. The van der Waals surface area contributed by atoms with E-state index in [9.17, 15) is 0 Å². The highest BCUT2D eigenvalue weighted by molar-refractivity contribution is 7.73. The third-order valence-corrected chi connectivity index (χ3v) is 10.6. The van der Waals surface area contributed by atoms with Crippen LogP contribution >= 0.6 is 7.26 Å². The molecule has 0 nitrogen and oxygen atoms in total. The molecule has 0 saturated carbocycles. The fourth-order valence-electron chi connectivity index (χ4n) is 6.14. The summed E-state index contributed by atoms with van der Waals surface area (Å²) in [5.41, 5.74) is 0. The number of unbranched alkanes of at least 4 members (excludes halogenated alkanes) is 32. The molecule has 2 heteroatoms. The maximum Gasteiger partial charge on any atom is 0.0586 e. The van der Waals surface area contributed by atoms with E-state index in [4.69, 9.17) is 0 Å². The molecule has 0 aliphatic carbocycles. The van der Waals surface area contributed by atoms with E-state index >= 15 is 0 Å². The highest BCUT2D eigenvalue weighted by atomic mass is 35.5. The highest BCUT2D eigenvalue weighted by Gasteiger charge is 2.15. The second kappa shape index (κ2) is 35.9. The van der Waals surface area contributed by atoms with E-state index in [2.05, 4.69) is 26.9 Å². The second-order valence-electron chi connectivity index (χ2n) is 14.3. The highest BCUT2D eigenvalue weighted by Crippen LogP contribution is 2.47. The zero-order chi connectivity index (χ0) is 28.5. The molecule has 0 radical (unpaired) electrons. The zero-order valence-electron chi connectivity index (χ0n) is 28.9.